The molecule has 0 aromatic carbocycles. The third-order valence-corrected chi connectivity index (χ3v) is 1.46. The van der Waals surface area contributed by atoms with Gasteiger partial charge in [-0.25, -0.2) is 9.97 Å². The van der Waals surface area contributed by atoms with Crippen LogP contribution in [0, 0.1) is 0 Å². The first-order valence-electron chi connectivity index (χ1n) is 3.71. The average molecular weight is 152 g/mol. The van der Waals surface area contributed by atoms with Gasteiger partial charge in [-0.1, -0.05) is 0 Å². The molecule has 0 radical (unpaired) electrons. The van der Waals surface area contributed by atoms with E-state index in [9.17, 15) is 0 Å². The molecule has 1 aromatic heterocycles. The highest BCUT2D eigenvalue weighted by Gasteiger charge is 1.96. The zero-order valence-corrected chi connectivity index (χ0v) is 6.57. The molecule has 1 rings (SSSR count). The van der Waals surface area contributed by atoms with Crippen LogP contribution in [0.1, 0.15) is 18.9 Å². The first-order valence-corrected chi connectivity index (χ1v) is 3.71. The van der Waals surface area contributed by atoms with Crippen LogP contribution >= 0.6 is 0 Å². The van der Waals surface area contributed by atoms with Crippen LogP contribution < -0.4 is 0 Å². The minimum absolute atomic E-state index is 0.241. The van der Waals surface area contributed by atoms with Crippen LogP contribution in [0.2, 0.25) is 0 Å². The third-order valence-electron chi connectivity index (χ3n) is 1.46. The van der Waals surface area contributed by atoms with Crippen molar-refractivity contribution >= 4 is 0 Å². The Hall–Kier alpha value is -0.960. The lowest BCUT2D eigenvalue weighted by Crippen LogP contribution is -2.01. The van der Waals surface area contributed by atoms with Gasteiger partial charge in [-0.3, -0.25) is 0 Å². The number of aromatic nitrogens is 2. The van der Waals surface area contributed by atoms with E-state index < -0.39 is 0 Å². The van der Waals surface area contributed by atoms with Crippen molar-refractivity contribution in [3.8, 4) is 0 Å². The summed E-state index contributed by atoms with van der Waals surface area (Å²) in [5.74, 6) is 0. The van der Waals surface area contributed by atoms with Crippen molar-refractivity contribution in [1.29, 1.82) is 0 Å². The van der Waals surface area contributed by atoms with E-state index in [1.54, 1.807) is 19.3 Å². The van der Waals surface area contributed by atoms with Crippen LogP contribution in [0.15, 0.2) is 18.7 Å². The number of aryl methyl sites for hydroxylation is 1. The summed E-state index contributed by atoms with van der Waals surface area (Å²) >= 11 is 0. The first kappa shape index (κ1) is 8.14. The van der Waals surface area contributed by atoms with E-state index in [1.165, 1.54) is 6.33 Å². The highest BCUT2D eigenvalue weighted by atomic mass is 16.3. The van der Waals surface area contributed by atoms with Gasteiger partial charge >= 0.3 is 0 Å². The van der Waals surface area contributed by atoms with Crippen LogP contribution in [-0.2, 0) is 6.42 Å². The molecule has 0 saturated carbocycles. The molecular formula is C8H12N2O. The van der Waals surface area contributed by atoms with Crippen molar-refractivity contribution in [1.82, 2.24) is 9.97 Å². The van der Waals surface area contributed by atoms with Crippen molar-refractivity contribution in [2.45, 2.75) is 25.9 Å². The highest BCUT2D eigenvalue weighted by Crippen LogP contribution is 2.00. The lowest BCUT2D eigenvalue weighted by Gasteiger charge is -2.01. The summed E-state index contributed by atoms with van der Waals surface area (Å²) in [6.07, 6.45) is 6.43. The van der Waals surface area contributed by atoms with Gasteiger partial charge in [0, 0.05) is 12.4 Å². The molecule has 0 fully saturated rings. The van der Waals surface area contributed by atoms with E-state index in [-0.39, 0.29) is 6.10 Å². The van der Waals surface area contributed by atoms with Gasteiger partial charge in [0.2, 0.25) is 0 Å². The van der Waals surface area contributed by atoms with Gasteiger partial charge in [0.15, 0.2) is 0 Å². The maximum absolute atomic E-state index is 8.97. The van der Waals surface area contributed by atoms with Gasteiger partial charge in [0.05, 0.1) is 6.10 Å². The fourth-order valence-electron chi connectivity index (χ4n) is 0.835. The smallest absolute Gasteiger partial charge is 0.115 e. The number of hydrogen-bond donors (Lipinski definition) is 1. The van der Waals surface area contributed by atoms with Crippen LogP contribution in [0.3, 0.4) is 0 Å². The molecule has 0 spiro atoms. The summed E-state index contributed by atoms with van der Waals surface area (Å²) in [6.45, 7) is 1.78. The van der Waals surface area contributed by atoms with Gasteiger partial charge in [0.25, 0.3) is 0 Å². The average Bonchev–Trinajstić information content (AvgIpc) is 2.03. The van der Waals surface area contributed by atoms with Crippen LogP contribution in [0.5, 0.6) is 0 Å². The molecule has 0 amide bonds. The van der Waals surface area contributed by atoms with Crippen LogP contribution in [0.4, 0.5) is 0 Å². The first-order chi connectivity index (χ1) is 5.29. The molecule has 60 valence electrons. The van der Waals surface area contributed by atoms with E-state index in [2.05, 4.69) is 9.97 Å². The van der Waals surface area contributed by atoms with Crippen molar-refractivity contribution in [3.63, 3.8) is 0 Å². The largest absolute Gasteiger partial charge is 0.393 e. The van der Waals surface area contributed by atoms with Gasteiger partial charge < -0.3 is 5.11 Å². The van der Waals surface area contributed by atoms with Crippen LogP contribution in [-0.4, -0.2) is 21.2 Å². The second-order valence-corrected chi connectivity index (χ2v) is 2.63. The quantitative estimate of drug-likeness (QED) is 0.696. The van der Waals surface area contributed by atoms with E-state index >= 15 is 0 Å². The summed E-state index contributed by atoms with van der Waals surface area (Å²) < 4.78 is 0. The summed E-state index contributed by atoms with van der Waals surface area (Å²) in [5.41, 5.74) is 1.08. The van der Waals surface area contributed by atoms with Crippen molar-refractivity contribution in [2.24, 2.45) is 0 Å². The fourth-order valence-corrected chi connectivity index (χ4v) is 0.835. The Kier molecular flexibility index (Phi) is 2.98. The van der Waals surface area contributed by atoms with E-state index in [0.717, 1.165) is 18.4 Å². The second-order valence-electron chi connectivity index (χ2n) is 2.63. The maximum Gasteiger partial charge on any atom is 0.115 e. The van der Waals surface area contributed by atoms with E-state index in [1.807, 2.05) is 0 Å². The van der Waals surface area contributed by atoms with Gasteiger partial charge in [-0.05, 0) is 25.3 Å². The zero-order chi connectivity index (χ0) is 8.10. The third kappa shape index (κ3) is 3.09. The van der Waals surface area contributed by atoms with E-state index in [4.69, 9.17) is 5.11 Å². The molecule has 0 saturated heterocycles. The van der Waals surface area contributed by atoms with Crippen molar-refractivity contribution in [3.05, 3.63) is 24.3 Å². The lowest BCUT2D eigenvalue weighted by molar-refractivity contribution is 0.185. The van der Waals surface area contributed by atoms with Crippen LogP contribution in [0.25, 0.3) is 0 Å². The molecule has 0 bridgehead atoms. The van der Waals surface area contributed by atoms with Gasteiger partial charge in [-0.2, -0.15) is 0 Å². The Labute approximate surface area is 66.1 Å². The fraction of sp³-hybridized carbons (Fsp3) is 0.500. The Bertz CT molecular complexity index is 199. The second kappa shape index (κ2) is 4.03. The standard InChI is InChI=1S/C8H12N2O/c1-7(11)2-3-8-4-9-6-10-5-8/h4-7,11H,2-3H2,1H3/t7-/m0/s1. The maximum atomic E-state index is 8.97. The van der Waals surface area contributed by atoms with Gasteiger partial charge in [0.1, 0.15) is 6.33 Å². The summed E-state index contributed by atoms with van der Waals surface area (Å²) in [6, 6.07) is 0. The minimum atomic E-state index is -0.241. The predicted octanol–water partition coefficient (Wildman–Crippen LogP) is 0.790. The number of nitrogens with zero attached hydrogens (tertiary/aromatic N) is 2. The molecular weight excluding hydrogens is 140 g/mol. The molecule has 0 unspecified atom stereocenters. The van der Waals surface area contributed by atoms with E-state index in [0.29, 0.717) is 0 Å². The Morgan fingerprint density at radius 3 is 2.64 bits per heavy atom. The molecule has 11 heavy (non-hydrogen) atoms. The SMILES string of the molecule is C[C@H](O)CCc1cncnc1. The molecule has 1 atom stereocenters. The highest BCUT2D eigenvalue weighted by molar-refractivity contribution is 5.02. The normalized spacial score (nSPS) is 12.9. The predicted molar refractivity (Wildman–Crippen MR) is 42.0 cm³/mol. The topological polar surface area (TPSA) is 46.0 Å². The summed E-state index contributed by atoms with van der Waals surface area (Å²) in [7, 11) is 0. The molecule has 3 heteroatoms. The molecule has 1 N–H and O–H groups in total. The number of hydrogen-bond acceptors (Lipinski definition) is 3. The zero-order valence-electron chi connectivity index (χ0n) is 6.57. The Morgan fingerprint density at radius 2 is 2.09 bits per heavy atom. The number of aliphatic hydroxyl groups is 1. The molecule has 0 aliphatic heterocycles. The molecule has 1 aromatic rings. The lowest BCUT2D eigenvalue weighted by atomic mass is 10.1. The summed E-state index contributed by atoms with van der Waals surface area (Å²) in [4.78, 5) is 7.74. The van der Waals surface area contributed by atoms with Gasteiger partial charge in [-0.15, -0.1) is 0 Å². The number of aliphatic hydroxyl groups excluding tert-OH is 1. The monoisotopic (exact) mass is 152 g/mol. The summed E-state index contributed by atoms with van der Waals surface area (Å²) in [5, 5.41) is 8.97. The molecule has 1 heterocycles. The Morgan fingerprint density at radius 1 is 1.45 bits per heavy atom. The molecule has 0 aliphatic carbocycles. The van der Waals surface area contributed by atoms with Crippen molar-refractivity contribution in [2.75, 3.05) is 0 Å². The Balaban J connectivity index is 2.39. The number of rotatable bonds is 3. The molecule has 0 aliphatic rings. The minimum Gasteiger partial charge on any atom is -0.393 e. The molecule has 3 nitrogen and oxygen atoms in total. The van der Waals surface area contributed by atoms with Crippen molar-refractivity contribution < 1.29 is 5.11 Å².